The van der Waals surface area contributed by atoms with Gasteiger partial charge in [-0.2, -0.15) is 0 Å². The summed E-state index contributed by atoms with van der Waals surface area (Å²) in [4.78, 5) is 14.3. The van der Waals surface area contributed by atoms with E-state index in [-0.39, 0.29) is 5.91 Å². The summed E-state index contributed by atoms with van der Waals surface area (Å²) in [5.74, 6) is 1.39. The monoisotopic (exact) mass is 452 g/mol. The number of benzene rings is 2. The lowest BCUT2D eigenvalue weighted by atomic mass is 10.1. The molecule has 1 aliphatic rings. The first-order chi connectivity index (χ1) is 15.6. The average Bonchev–Trinajstić information content (AvgIpc) is 3.06. The normalized spacial score (nSPS) is 14.6. The highest BCUT2D eigenvalue weighted by molar-refractivity contribution is 7.80. The third-order valence-electron chi connectivity index (χ3n) is 5.03. The molecule has 1 aliphatic heterocycles. The number of rotatable bonds is 11. The van der Waals surface area contributed by atoms with Crippen LogP contribution in [0.15, 0.2) is 60.8 Å². The van der Waals surface area contributed by atoms with Crippen molar-refractivity contribution in [3.63, 3.8) is 0 Å². The highest BCUT2D eigenvalue weighted by atomic mass is 32.1. The summed E-state index contributed by atoms with van der Waals surface area (Å²) in [6.07, 6.45) is 5.09. The summed E-state index contributed by atoms with van der Waals surface area (Å²) in [7, 11) is 3.26. The first kappa shape index (κ1) is 23.5. The van der Waals surface area contributed by atoms with E-state index in [1.54, 1.807) is 25.2 Å². The maximum absolute atomic E-state index is 12.7. The molecule has 1 heterocycles. The van der Waals surface area contributed by atoms with Crippen LogP contribution in [0.4, 0.5) is 0 Å². The van der Waals surface area contributed by atoms with E-state index in [1.807, 2.05) is 48.5 Å². The Labute approximate surface area is 194 Å². The number of nitrogens with zero attached hydrogens (tertiary/aromatic N) is 1. The zero-order valence-corrected chi connectivity index (χ0v) is 19.2. The Bertz CT molecular complexity index is 1020. The highest BCUT2D eigenvalue weighted by Crippen LogP contribution is 2.26. The van der Waals surface area contributed by atoms with E-state index < -0.39 is 0 Å². The number of carbonyl (C=O) groups is 1. The largest absolute Gasteiger partial charge is 0.496 e. The topological polar surface area (TPSA) is 60.0 Å². The van der Waals surface area contributed by atoms with E-state index in [9.17, 15) is 4.79 Å². The van der Waals surface area contributed by atoms with Gasteiger partial charge in [0.05, 0.1) is 7.11 Å². The zero-order valence-electron chi connectivity index (χ0n) is 18.4. The molecule has 1 N–H and O–H groups in total. The van der Waals surface area contributed by atoms with Crippen LogP contribution in [0.3, 0.4) is 0 Å². The Kier molecular flexibility index (Phi) is 8.41. The molecule has 0 bridgehead atoms. The van der Waals surface area contributed by atoms with E-state index >= 15 is 0 Å². The Morgan fingerprint density at radius 1 is 1.12 bits per heavy atom. The van der Waals surface area contributed by atoms with Gasteiger partial charge in [0.15, 0.2) is 5.11 Å². The van der Waals surface area contributed by atoms with Crippen molar-refractivity contribution < 1.29 is 19.0 Å². The van der Waals surface area contributed by atoms with Gasteiger partial charge in [-0.25, -0.2) is 0 Å². The molecule has 1 amide bonds. The van der Waals surface area contributed by atoms with E-state index in [0.717, 1.165) is 34.6 Å². The summed E-state index contributed by atoms with van der Waals surface area (Å²) in [5.41, 5.74) is 3.24. The Morgan fingerprint density at radius 3 is 2.69 bits per heavy atom. The molecule has 0 aromatic heterocycles. The molecule has 7 heteroatoms. The molecule has 6 nitrogen and oxygen atoms in total. The molecule has 1 fully saturated rings. The van der Waals surface area contributed by atoms with Gasteiger partial charge in [-0.3, -0.25) is 9.69 Å². The molecule has 0 atom stereocenters. The van der Waals surface area contributed by atoms with Crippen LogP contribution in [0.2, 0.25) is 0 Å². The number of para-hydroxylation sites is 1. The number of thiocarbonyl (C=S) groups is 1. The van der Waals surface area contributed by atoms with Crippen molar-refractivity contribution in [2.75, 3.05) is 27.4 Å². The van der Waals surface area contributed by atoms with E-state index in [4.69, 9.17) is 26.4 Å². The van der Waals surface area contributed by atoms with Crippen molar-refractivity contribution in [1.82, 2.24) is 10.2 Å². The second kappa shape index (κ2) is 11.5. The van der Waals surface area contributed by atoms with Gasteiger partial charge < -0.3 is 19.5 Å². The fourth-order valence-electron chi connectivity index (χ4n) is 3.43. The second-order valence-electron chi connectivity index (χ2n) is 7.25. The second-order valence-corrected chi connectivity index (χ2v) is 7.64. The minimum Gasteiger partial charge on any atom is -0.496 e. The molecule has 0 spiro atoms. The fourth-order valence-corrected chi connectivity index (χ4v) is 3.72. The van der Waals surface area contributed by atoms with Crippen molar-refractivity contribution in [3.8, 4) is 11.5 Å². The number of amides is 1. The quantitative estimate of drug-likeness (QED) is 0.240. The third-order valence-corrected chi connectivity index (χ3v) is 5.35. The first-order valence-corrected chi connectivity index (χ1v) is 10.8. The van der Waals surface area contributed by atoms with Gasteiger partial charge >= 0.3 is 0 Å². The van der Waals surface area contributed by atoms with Crippen LogP contribution in [0, 0.1) is 0 Å². The summed E-state index contributed by atoms with van der Waals surface area (Å²) in [6, 6.07) is 13.6. The molecule has 0 aliphatic carbocycles. The van der Waals surface area contributed by atoms with Crippen molar-refractivity contribution >= 4 is 29.3 Å². The smallest absolute Gasteiger partial charge is 0.276 e. The summed E-state index contributed by atoms with van der Waals surface area (Å²) in [6.45, 7) is 5.23. The Hall–Kier alpha value is -3.16. The number of hydrogen-bond acceptors (Lipinski definition) is 5. The van der Waals surface area contributed by atoms with Crippen molar-refractivity contribution in [2.45, 2.75) is 19.4 Å². The summed E-state index contributed by atoms with van der Waals surface area (Å²) < 4.78 is 16.6. The van der Waals surface area contributed by atoms with Gasteiger partial charge in [0.1, 0.15) is 23.8 Å². The van der Waals surface area contributed by atoms with Crippen molar-refractivity contribution in [2.24, 2.45) is 0 Å². The predicted molar refractivity (Wildman–Crippen MR) is 130 cm³/mol. The van der Waals surface area contributed by atoms with Crippen LogP contribution in [0.5, 0.6) is 11.5 Å². The van der Waals surface area contributed by atoms with Gasteiger partial charge in [0.25, 0.3) is 5.91 Å². The van der Waals surface area contributed by atoms with E-state index in [1.165, 1.54) is 0 Å². The number of carbonyl (C=O) groups excluding carboxylic acids is 1. The predicted octanol–water partition coefficient (Wildman–Crippen LogP) is 4.10. The van der Waals surface area contributed by atoms with Crippen LogP contribution >= 0.6 is 12.2 Å². The molecule has 0 radical (unpaired) electrons. The summed E-state index contributed by atoms with van der Waals surface area (Å²) in [5, 5.41) is 3.42. The molecular weight excluding hydrogens is 424 g/mol. The fraction of sp³-hybridized carbons (Fsp3) is 0.280. The van der Waals surface area contributed by atoms with Crippen LogP contribution in [0.25, 0.3) is 6.08 Å². The summed E-state index contributed by atoms with van der Waals surface area (Å²) >= 11 is 5.32. The lowest BCUT2D eigenvalue weighted by Gasteiger charge is -2.14. The van der Waals surface area contributed by atoms with E-state index in [2.05, 4.69) is 11.9 Å². The number of nitrogens with one attached hydrogen (secondary N) is 1. The van der Waals surface area contributed by atoms with Gasteiger partial charge in [0, 0.05) is 25.8 Å². The standard InChI is InChI=1S/C25H28N2O4S/c1-4-8-19-9-5-6-10-23(19)31-17-20-15-18(11-12-22(20)30-3)16-21-24(28)27(25(32)26-21)13-7-14-29-2/h4-6,9-12,15-16H,1,7-8,13-14,17H2,2-3H3,(H,26,32)/b21-16+. The zero-order chi connectivity index (χ0) is 22.9. The third kappa shape index (κ3) is 5.75. The van der Waals surface area contributed by atoms with Crippen LogP contribution in [0.1, 0.15) is 23.1 Å². The van der Waals surface area contributed by atoms with E-state index in [0.29, 0.717) is 37.0 Å². The van der Waals surface area contributed by atoms with Crippen molar-refractivity contribution in [1.29, 1.82) is 0 Å². The molecule has 2 aromatic rings. The molecule has 0 saturated carbocycles. The first-order valence-electron chi connectivity index (χ1n) is 10.4. The molecular formula is C25H28N2O4S. The number of ether oxygens (including phenoxy) is 3. The maximum Gasteiger partial charge on any atom is 0.276 e. The van der Waals surface area contributed by atoms with Crippen LogP contribution in [-0.2, 0) is 22.6 Å². The molecule has 0 unspecified atom stereocenters. The Morgan fingerprint density at radius 2 is 1.94 bits per heavy atom. The Balaban J connectivity index is 1.77. The van der Waals surface area contributed by atoms with Gasteiger partial charge in [-0.1, -0.05) is 30.3 Å². The molecule has 1 saturated heterocycles. The lowest BCUT2D eigenvalue weighted by molar-refractivity contribution is -0.122. The van der Waals surface area contributed by atoms with Crippen LogP contribution < -0.4 is 14.8 Å². The minimum absolute atomic E-state index is 0.141. The minimum atomic E-state index is -0.141. The number of allylic oxidation sites excluding steroid dienone is 1. The molecule has 2 aromatic carbocycles. The highest BCUT2D eigenvalue weighted by Gasteiger charge is 2.30. The van der Waals surface area contributed by atoms with Gasteiger partial charge in [-0.15, -0.1) is 6.58 Å². The van der Waals surface area contributed by atoms with Crippen molar-refractivity contribution in [3.05, 3.63) is 77.5 Å². The number of hydrogen-bond donors (Lipinski definition) is 1. The molecule has 32 heavy (non-hydrogen) atoms. The van der Waals surface area contributed by atoms with Gasteiger partial charge in [0.2, 0.25) is 0 Å². The SMILES string of the molecule is C=CCc1ccccc1OCc1cc(/C=C2/NC(=S)N(CCCOC)C2=O)ccc1OC. The number of methoxy groups -OCH3 is 2. The van der Waals surface area contributed by atoms with Crippen LogP contribution in [-0.4, -0.2) is 43.3 Å². The maximum atomic E-state index is 12.7. The average molecular weight is 453 g/mol. The molecule has 168 valence electrons. The molecule has 3 rings (SSSR count). The van der Waals surface area contributed by atoms with Gasteiger partial charge in [-0.05, 0) is 60.5 Å². The lowest BCUT2D eigenvalue weighted by Crippen LogP contribution is -2.32.